The molecule has 0 saturated carbocycles. The topological polar surface area (TPSA) is 77.6 Å². The van der Waals surface area contributed by atoms with Crippen molar-refractivity contribution in [2.45, 2.75) is 19.4 Å². The summed E-state index contributed by atoms with van der Waals surface area (Å²) in [5.41, 5.74) is 3.37. The van der Waals surface area contributed by atoms with Gasteiger partial charge in [0.25, 0.3) is 0 Å². The summed E-state index contributed by atoms with van der Waals surface area (Å²) in [4.78, 5) is 30.7. The minimum absolute atomic E-state index is 0.0155. The Morgan fingerprint density at radius 2 is 1.75 bits per heavy atom. The van der Waals surface area contributed by atoms with Crippen molar-refractivity contribution in [2.75, 3.05) is 50.0 Å². The van der Waals surface area contributed by atoms with Crippen LogP contribution >= 0.6 is 0 Å². The van der Waals surface area contributed by atoms with E-state index in [0.717, 1.165) is 23.1 Å². The Labute approximate surface area is 212 Å². The second-order valence-electron chi connectivity index (χ2n) is 8.37. The number of amides is 1. The van der Waals surface area contributed by atoms with Crippen LogP contribution in [0.25, 0.3) is 0 Å². The normalized spacial score (nSPS) is 14.2. The Morgan fingerprint density at radius 3 is 2.33 bits per heavy atom. The number of rotatable bonds is 8. The van der Waals surface area contributed by atoms with E-state index < -0.39 is 0 Å². The molecule has 1 aliphatic heterocycles. The van der Waals surface area contributed by atoms with Crippen molar-refractivity contribution in [2.24, 2.45) is 0 Å². The summed E-state index contributed by atoms with van der Waals surface area (Å²) >= 11 is 0. The first-order valence-electron chi connectivity index (χ1n) is 12.2. The lowest BCUT2D eigenvalue weighted by Crippen LogP contribution is -2.51. The Kier molecular flexibility index (Phi) is 10.4. The van der Waals surface area contributed by atoms with Crippen molar-refractivity contribution in [3.8, 4) is 0 Å². The van der Waals surface area contributed by atoms with Crippen LogP contribution in [0.3, 0.4) is 0 Å². The molecule has 1 unspecified atom stereocenters. The van der Waals surface area contributed by atoms with E-state index in [1.807, 2.05) is 66.4 Å². The number of aromatic nitrogens is 1. The zero-order valence-corrected chi connectivity index (χ0v) is 20.9. The molecule has 3 aromatic rings. The quantitative estimate of drug-likeness (QED) is 0.468. The van der Waals surface area contributed by atoms with Crippen molar-refractivity contribution < 1.29 is 14.0 Å². The molecule has 0 aliphatic carbocycles. The largest absolute Gasteiger partial charge is 0.388 e. The molecule has 1 aromatic heterocycles. The lowest BCUT2D eigenvalue weighted by molar-refractivity contribution is -0.126. The third-order valence-electron chi connectivity index (χ3n) is 6.04. The number of benzene rings is 2. The van der Waals surface area contributed by atoms with E-state index in [-0.39, 0.29) is 17.8 Å². The number of hydrogen-bond acceptors (Lipinski definition) is 6. The van der Waals surface area contributed by atoms with Gasteiger partial charge >= 0.3 is 0 Å². The van der Waals surface area contributed by atoms with Crippen LogP contribution in [0.5, 0.6) is 0 Å². The highest BCUT2D eigenvalue weighted by molar-refractivity contribution is 5.83. The van der Waals surface area contributed by atoms with Gasteiger partial charge in [0, 0.05) is 64.3 Å². The number of piperazine rings is 1. The summed E-state index contributed by atoms with van der Waals surface area (Å²) in [6.07, 6.45) is 4.73. The van der Waals surface area contributed by atoms with Gasteiger partial charge in [-0.15, -0.1) is 0 Å². The molecule has 0 bridgehead atoms. The average Bonchev–Trinajstić information content (AvgIpc) is 2.91. The van der Waals surface area contributed by atoms with Gasteiger partial charge in [0.05, 0.1) is 5.69 Å². The molecule has 36 heavy (non-hydrogen) atoms. The molecule has 8 heteroatoms. The predicted octanol–water partition coefficient (Wildman–Crippen LogP) is 3.69. The van der Waals surface area contributed by atoms with Gasteiger partial charge in [-0.1, -0.05) is 30.3 Å². The number of hydrogen-bond donors (Lipinski definition) is 2. The van der Waals surface area contributed by atoms with E-state index in [0.29, 0.717) is 44.8 Å². The van der Waals surface area contributed by atoms with Crippen LogP contribution in [0.1, 0.15) is 24.1 Å². The standard InChI is InChI=1S/C21H27FN4O.C7H7NO/c1-3-24-21(27)20(16-7-5-4-6-8-16)26-13-11-25(12-14-26)19-10-9-17(23-2)15-18(19)22;9-6-3-7-1-4-8-5-2-7/h4-10,15,20,23H,3,11-14H2,1-2H3,(H,24,27);1-2,4-6H,3H2. The molecule has 1 fully saturated rings. The smallest absolute Gasteiger partial charge is 0.241 e. The molecule has 4 rings (SSSR count). The second kappa shape index (κ2) is 13.9. The van der Waals surface area contributed by atoms with E-state index in [4.69, 9.17) is 0 Å². The molecule has 2 N–H and O–H groups in total. The van der Waals surface area contributed by atoms with Crippen LogP contribution in [0.2, 0.25) is 0 Å². The van der Waals surface area contributed by atoms with Gasteiger partial charge in [-0.05, 0) is 48.4 Å². The Balaban J connectivity index is 0.000000338. The maximum absolute atomic E-state index is 14.4. The average molecular weight is 492 g/mol. The van der Waals surface area contributed by atoms with Gasteiger partial charge in [0.1, 0.15) is 18.1 Å². The lowest BCUT2D eigenvalue weighted by atomic mass is 10.0. The molecule has 0 radical (unpaired) electrons. The van der Waals surface area contributed by atoms with Gasteiger partial charge in [-0.3, -0.25) is 14.7 Å². The molecule has 0 spiro atoms. The summed E-state index contributed by atoms with van der Waals surface area (Å²) in [5.74, 6) is -0.208. The first kappa shape index (κ1) is 26.8. The summed E-state index contributed by atoms with van der Waals surface area (Å²) in [6.45, 7) is 5.28. The van der Waals surface area contributed by atoms with Crippen LogP contribution in [0, 0.1) is 5.82 Å². The number of likely N-dealkylation sites (N-methyl/N-ethyl adjacent to an activating group) is 1. The summed E-state index contributed by atoms with van der Waals surface area (Å²) < 4.78 is 14.4. The minimum atomic E-state index is -0.315. The van der Waals surface area contributed by atoms with Crippen LogP contribution in [0.15, 0.2) is 73.1 Å². The summed E-state index contributed by atoms with van der Waals surface area (Å²) in [5, 5.41) is 5.90. The van der Waals surface area contributed by atoms with Gasteiger partial charge in [-0.2, -0.15) is 0 Å². The number of pyridine rings is 1. The monoisotopic (exact) mass is 491 g/mol. The van der Waals surface area contributed by atoms with Crippen LogP contribution < -0.4 is 15.5 Å². The van der Waals surface area contributed by atoms with Crippen LogP contribution in [0.4, 0.5) is 15.8 Å². The zero-order valence-electron chi connectivity index (χ0n) is 20.9. The Morgan fingerprint density at radius 1 is 1.06 bits per heavy atom. The summed E-state index contributed by atoms with van der Waals surface area (Å²) in [6, 6.07) is 18.4. The Hall–Kier alpha value is -3.78. The minimum Gasteiger partial charge on any atom is -0.388 e. The highest BCUT2D eigenvalue weighted by Crippen LogP contribution is 2.27. The molecule has 7 nitrogen and oxygen atoms in total. The third-order valence-corrected chi connectivity index (χ3v) is 6.04. The molecule has 1 atom stereocenters. The fourth-order valence-corrected chi connectivity index (χ4v) is 4.19. The number of halogens is 1. The SMILES string of the molecule is CCNC(=O)C(c1ccccc1)N1CCN(c2ccc(NC)cc2F)CC1.O=CCc1ccncc1. The maximum atomic E-state index is 14.4. The zero-order chi connectivity index (χ0) is 25.8. The molecular weight excluding hydrogens is 457 g/mol. The number of carbonyl (C=O) groups excluding carboxylic acids is 2. The van der Waals surface area contributed by atoms with E-state index in [1.165, 1.54) is 6.07 Å². The van der Waals surface area contributed by atoms with Gasteiger partial charge < -0.3 is 20.3 Å². The molecule has 2 aromatic carbocycles. The second-order valence-corrected chi connectivity index (χ2v) is 8.37. The van der Waals surface area contributed by atoms with Gasteiger partial charge in [0.2, 0.25) is 5.91 Å². The maximum Gasteiger partial charge on any atom is 0.241 e. The lowest BCUT2D eigenvalue weighted by Gasteiger charge is -2.39. The van der Waals surface area contributed by atoms with E-state index in [2.05, 4.69) is 20.5 Å². The van der Waals surface area contributed by atoms with Crippen LogP contribution in [-0.2, 0) is 16.0 Å². The predicted molar refractivity (Wildman–Crippen MR) is 142 cm³/mol. The number of nitrogens with zero attached hydrogens (tertiary/aromatic N) is 3. The van der Waals surface area contributed by atoms with E-state index >= 15 is 0 Å². The third kappa shape index (κ3) is 7.36. The van der Waals surface area contributed by atoms with Crippen molar-refractivity contribution in [3.63, 3.8) is 0 Å². The highest BCUT2D eigenvalue weighted by atomic mass is 19.1. The van der Waals surface area contributed by atoms with Crippen molar-refractivity contribution in [3.05, 3.63) is 90.0 Å². The van der Waals surface area contributed by atoms with Gasteiger partial charge in [0.15, 0.2) is 0 Å². The Bertz CT molecular complexity index is 1090. The molecule has 1 amide bonds. The van der Waals surface area contributed by atoms with Crippen molar-refractivity contribution >= 4 is 23.6 Å². The fraction of sp³-hybridized carbons (Fsp3) is 0.321. The van der Waals surface area contributed by atoms with Crippen molar-refractivity contribution in [1.29, 1.82) is 0 Å². The van der Waals surface area contributed by atoms with E-state index in [9.17, 15) is 14.0 Å². The molecular formula is C28H34FN5O2. The number of aldehydes is 1. The first-order valence-corrected chi connectivity index (χ1v) is 12.2. The summed E-state index contributed by atoms with van der Waals surface area (Å²) in [7, 11) is 1.78. The number of nitrogens with one attached hydrogen (secondary N) is 2. The molecule has 1 saturated heterocycles. The fourth-order valence-electron chi connectivity index (χ4n) is 4.19. The number of carbonyl (C=O) groups is 2. The van der Waals surface area contributed by atoms with Crippen molar-refractivity contribution in [1.82, 2.24) is 15.2 Å². The molecule has 190 valence electrons. The highest BCUT2D eigenvalue weighted by Gasteiger charge is 2.30. The number of anilines is 2. The molecule has 2 heterocycles. The molecule has 1 aliphatic rings. The van der Waals surface area contributed by atoms with Gasteiger partial charge in [-0.25, -0.2) is 4.39 Å². The van der Waals surface area contributed by atoms with E-state index in [1.54, 1.807) is 19.4 Å². The first-order chi connectivity index (χ1) is 17.6. The van der Waals surface area contributed by atoms with Crippen LogP contribution in [-0.4, -0.2) is 61.8 Å².